The molecule has 1 aromatic carbocycles. The first-order chi connectivity index (χ1) is 7.06. The second-order valence-corrected chi connectivity index (χ2v) is 3.73. The van der Waals surface area contributed by atoms with Gasteiger partial charge in [0.25, 0.3) is 0 Å². The summed E-state index contributed by atoms with van der Waals surface area (Å²) >= 11 is 0. The summed E-state index contributed by atoms with van der Waals surface area (Å²) in [5, 5.41) is 0. The minimum absolute atomic E-state index is 0.277. The van der Waals surface area contributed by atoms with E-state index in [4.69, 9.17) is 5.73 Å². The van der Waals surface area contributed by atoms with Crippen molar-refractivity contribution in [3.63, 3.8) is 0 Å². The van der Waals surface area contributed by atoms with Gasteiger partial charge in [0.05, 0.1) is 5.92 Å². The second kappa shape index (κ2) is 4.82. The zero-order chi connectivity index (χ0) is 11.4. The molecule has 81 valence electrons. The molecule has 15 heavy (non-hydrogen) atoms. The fourth-order valence-electron chi connectivity index (χ4n) is 1.48. The van der Waals surface area contributed by atoms with E-state index < -0.39 is 0 Å². The Morgan fingerprint density at radius 3 is 2.27 bits per heavy atom. The van der Waals surface area contributed by atoms with Crippen LogP contribution in [0, 0.1) is 6.92 Å². The maximum Gasteiger partial charge on any atom is 0.224 e. The van der Waals surface area contributed by atoms with Gasteiger partial charge in [-0.1, -0.05) is 19.1 Å². The van der Waals surface area contributed by atoms with Crippen molar-refractivity contribution >= 4 is 11.6 Å². The highest BCUT2D eigenvalue weighted by Crippen LogP contribution is 2.21. The van der Waals surface area contributed by atoms with E-state index in [-0.39, 0.29) is 11.8 Å². The molecule has 0 aliphatic rings. The molecule has 0 aliphatic carbocycles. The molecule has 1 rings (SSSR count). The van der Waals surface area contributed by atoms with Gasteiger partial charge in [-0.15, -0.1) is 0 Å². The Kier molecular flexibility index (Phi) is 3.72. The highest BCUT2D eigenvalue weighted by atomic mass is 16.1. The van der Waals surface area contributed by atoms with Crippen molar-refractivity contribution in [2.24, 2.45) is 5.73 Å². The number of hydrogen-bond donors (Lipinski definition) is 1. The number of amides is 1. The van der Waals surface area contributed by atoms with Crippen molar-refractivity contribution in [3.05, 3.63) is 36.8 Å². The van der Waals surface area contributed by atoms with Crippen LogP contribution in [0.25, 0.3) is 0 Å². The molecule has 1 radical (unpaired) electrons. The third-order valence-corrected chi connectivity index (χ3v) is 2.44. The fourth-order valence-corrected chi connectivity index (χ4v) is 1.48. The van der Waals surface area contributed by atoms with E-state index in [0.29, 0.717) is 6.42 Å². The van der Waals surface area contributed by atoms with Crippen molar-refractivity contribution in [1.29, 1.82) is 0 Å². The number of benzene rings is 1. The summed E-state index contributed by atoms with van der Waals surface area (Å²) in [5.74, 6) is -0.594. The predicted octanol–water partition coefficient (Wildman–Crippen LogP) is 1.55. The van der Waals surface area contributed by atoms with Crippen LogP contribution in [0.15, 0.2) is 24.3 Å². The average Bonchev–Trinajstić information content (AvgIpc) is 2.19. The lowest BCUT2D eigenvalue weighted by Gasteiger charge is -2.15. The molecule has 1 atom stereocenters. The van der Waals surface area contributed by atoms with Crippen molar-refractivity contribution in [2.45, 2.75) is 12.3 Å². The largest absolute Gasteiger partial charge is 0.378 e. The van der Waals surface area contributed by atoms with Gasteiger partial charge in [-0.3, -0.25) is 4.79 Å². The summed E-state index contributed by atoms with van der Waals surface area (Å²) in [6.45, 7) is 3.73. The van der Waals surface area contributed by atoms with E-state index in [0.717, 1.165) is 11.3 Å². The normalized spacial score (nSPS) is 12.2. The molecular weight excluding hydrogens is 188 g/mol. The van der Waals surface area contributed by atoms with Crippen LogP contribution in [-0.2, 0) is 4.79 Å². The van der Waals surface area contributed by atoms with E-state index >= 15 is 0 Å². The number of rotatable bonds is 4. The highest BCUT2D eigenvalue weighted by molar-refractivity contribution is 5.82. The van der Waals surface area contributed by atoms with Gasteiger partial charge in [0.2, 0.25) is 5.91 Å². The fraction of sp³-hybridized carbons (Fsp3) is 0.333. The van der Waals surface area contributed by atoms with Gasteiger partial charge < -0.3 is 10.6 Å². The lowest BCUT2D eigenvalue weighted by Crippen LogP contribution is -2.20. The Hall–Kier alpha value is -1.51. The molecule has 1 amide bonds. The Morgan fingerprint density at radius 2 is 1.93 bits per heavy atom. The molecule has 0 heterocycles. The third-order valence-electron chi connectivity index (χ3n) is 2.44. The van der Waals surface area contributed by atoms with Crippen LogP contribution in [0.4, 0.5) is 5.69 Å². The minimum Gasteiger partial charge on any atom is -0.378 e. The van der Waals surface area contributed by atoms with Crippen LogP contribution in [0.1, 0.15) is 17.9 Å². The van der Waals surface area contributed by atoms with Gasteiger partial charge in [0.15, 0.2) is 0 Å². The number of nitrogens with zero attached hydrogens (tertiary/aromatic N) is 1. The number of carbonyl (C=O) groups excluding carboxylic acids is 1. The third kappa shape index (κ3) is 2.72. The van der Waals surface area contributed by atoms with Gasteiger partial charge in [-0.25, -0.2) is 0 Å². The smallest absolute Gasteiger partial charge is 0.224 e. The van der Waals surface area contributed by atoms with E-state index in [1.54, 1.807) is 0 Å². The van der Waals surface area contributed by atoms with Crippen LogP contribution < -0.4 is 10.6 Å². The van der Waals surface area contributed by atoms with Crippen LogP contribution in [0.3, 0.4) is 0 Å². The Labute approximate surface area is 90.9 Å². The predicted molar refractivity (Wildman–Crippen MR) is 62.7 cm³/mol. The zero-order valence-corrected chi connectivity index (χ0v) is 9.23. The van der Waals surface area contributed by atoms with Crippen molar-refractivity contribution in [3.8, 4) is 0 Å². The molecule has 0 spiro atoms. The monoisotopic (exact) mass is 205 g/mol. The van der Waals surface area contributed by atoms with Crippen LogP contribution in [0.2, 0.25) is 0 Å². The number of anilines is 1. The zero-order valence-electron chi connectivity index (χ0n) is 9.23. The number of hydrogen-bond acceptors (Lipinski definition) is 2. The molecule has 0 fully saturated rings. The molecule has 0 bridgehead atoms. The Bertz CT molecular complexity index is 330. The van der Waals surface area contributed by atoms with Crippen LogP contribution in [0.5, 0.6) is 0 Å². The average molecular weight is 205 g/mol. The molecular formula is C12H17N2O. The van der Waals surface area contributed by atoms with Crippen LogP contribution in [-0.4, -0.2) is 20.0 Å². The SMILES string of the molecule is [CH2]CC(C(N)=O)c1ccc(N(C)C)cc1. The molecule has 0 saturated heterocycles. The summed E-state index contributed by atoms with van der Waals surface area (Å²) in [6, 6.07) is 7.80. The summed E-state index contributed by atoms with van der Waals surface area (Å²) in [5.41, 5.74) is 7.32. The Balaban J connectivity index is 2.92. The van der Waals surface area contributed by atoms with Crippen molar-refractivity contribution < 1.29 is 4.79 Å². The molecule has 1 unspecified atom stereocenters. The van der Waals surface area contributed by atoms with Gasteiger partial charge in [0, 0.05) is 19.8 Å². The van der Waals surface area contributed by atoms with E-state index in [1.807, 2.05) is 43.3 Å². The molecule has 0 saturated carbocycles. The number of nitrogens with two attached hydrogens (primary N) is 1. The maximum absolute atomic E-state index is 11.1. The standard InChI is InChI=1S/C12H17N2O/c1-4-11(12(13)15)9-5-7-10(8-6-9)14(2)3/h5-8,11H,1,4H2,2-3H3,(H2,13,15). The van der Waals surface area contributed by atoms with E-state index in [1.165, 1.54) is 0 Å². The van der Waals surface area contributed by atoms with Gasteiger partial charge in [0.1, 0.15) is 0 Å². The molecule has 1 aromatic rings. The minimum atomic E-state index is -0.317. The summed E-state index contributed by atoms with van der Waals surface area (Å²) in [4.78, 5) is 13.1. The number of primary amides is 1. The van der Waals surface area contributed by atoms with Gasteiger partial charge >= 0.3 is 0 Å². The van der Waals surface area contributed by atoms with Crippen LogP contribution >= 0.6 is 0 Å². The van der Waals surface area contributed by atoms with E-state index in [2.05, 4.69) is 6.92 Å². The summed E-state index contributed by atoms with van der Waals surface area (Å²) in [7, 11) is 3.95. The molecule has 0 aromatic heterocycles. The Morgan fingerprint density at radius 1 is 1.40 bits per heavy atom. The lowest BCUT2D eigenvalue weighted by atomic mass is 9.96. The van der Waals surface area contributed by atoms with Crippen molar-refractivity contribution in [2.75, 3.05) is 19.0 Å². The van der Waals surface area contributed by atoms with E-state index in [9.17, 15) is 4.79 Å². The summed E-state index contributed by atoms with van der Waals surface area (Å²) in [6.07, 6.45) is 0.497. The lowest BCUT2D eigenvalue weighted by molar-refractivity contribution is -0.119. The first-order valence-corrected chi connectivity index (χ1v) is 4.92. The summed E-state index contributed by atoms with van der Waals surface area (Å²) < 4.78 is 0. The van der Waals surface area contributed by atoms with Crippen molar-refractivity contribution in [1.82, 2.24) is 0 Å². The quantitative estimate of drug-likeness (QED) is 0.810. The maximum atomic E-state index is 11.1. The molecule has 3 heteroatoms. The van der Waals surface area contributed by atoms with Gasteiger partial charge in [-0.2, -0.15) is 0 Å². The highest BCUT2D eigenvalue weighted by Gasteiger charge is 2.14. The molecule has 0 aliphatic heterocycles. The van der Waals surface area contributed by atoms with Gasteiger partial charge in [-0.05, 0) is 24.1 Å². The molecule has 3 nitrogen and oxygen atoms in total. The topological polar surface area (TPSA) is 46.3 Å². The second-order valence-electron chi connectivity index (χ2n) is 3.73. The first-order valence-electron chi connectivity index (χ1n) is 4.92. The first kappa shape index (κ1) is 11.6. The molecule has 2 N–H and O–H groups in total. The number of carbonyl (C=O) groups is 1.